The van der Waals surface area contributed by atoms with Gasteiger partial charge in [0.15, 0.2) is 0 Å². The van der Waals surface area contributed by atoms with Crippen LogP contribution < -0.4 is 10.2 Å². The van der Waals surface area contributed by atoms with E-state index >= 15 is 0 Å². The van der Waals surface area contributed by atoms with Crippen molar-refractivity contribution in [3.8, 4) is 0 Å². The summed E-state index contributed by atoms with van der Waals surface area (Å²) in [7, 11) is 3.75. The van der Waals surface area contributed by atoms with Crippen LogP contribution in [0.2, 0.25) is 5.02 Å². The lowest BCUT2D eigenvalue weighted by atomic mass is 10.2. The first-order valence-corrected chi connectivity index (χ1v) is 6.25. The van der Waals surface area contributed by atoms with Crippen LogP contribution in [0.25, 0.3) is 0 Å². The van der Waals surface area contributed by atoms with E-state index < -0.39 is 11.9 Å². The zero-order chi connectivity index (χ0) is 14.7. The zero-order valence-corrected chi connectivity index (χ0v) is 11.8. The molecule has 0 saturated carbocycles. The van der Waals surface area contributed by atoms with Crippen molar-refractivity contribution in [1.82, 2.24) is 4.98 Å². The number of pyridine rings is 1. The lowest BCUT2D eigenvalue weighted by molar-refractivity contribution is 0.102. The number of rotatable bonds is 3. The molecule has 0 bridgehead atoms. The minimum atomic E-state index is -0.696. The molecule has 1 aromatic heterocycles. The van der Waals surface area contributed by atoms with Crippen molar-refractivity contribution >= 4 is 28.9 Å². The Morgan fingerprint density at radius 1 is 1.30 bits per heavy atom. The van der Waals surface area contributed by atoms with Crippen LogP contribution in [0.15, 0.2) is 36.5 Å². The van der Waals surface area contributed by atoms with E-state index in [0.717, 1.165) is 11.8 Å². The second kappa shape index (κ2) is 5.88. The molecular weight excluding hydrogens is 281 g/mol. The fourth-order valence-electron chi connectivity index (χ4n) is 1.69. The summed E-state index contributed by atoms with van der Waals surface area (Å²) in [5.41, 5.74) is 1.59. The maximum absolute atomic E-state index is 13.0. The number of benzene rings is 1. The van der Waals surface area contributed by atoms with Crippen molar-refractivity contribution in [2.75, 3.05) is 24.3 Å². The number of nitrogens with zero attached hydrogens (tertiary/aromatic N) is 2. The minimum Gasteiger partial charge on any atom is -0.376 e. The first kappa shape index (κ1) is 14.3. The van der Waals surface area contributed by atoms with Crippen LogP contribution in [0, 0.1) is 5.95 Å². The van der Waals surface area contributed by atoms with Gasteiger partial charge < -0.3 is 10.2 Å². The number of carbonyl (C=O) groups excluding carboxylic acids is 1. The summed E-state index contributed by atoms with van der Waals surface area (Å²) in [6.07, 6.45) is 1.24. The molecule has 1 amide bonds. The highest BCUT2D eigenvalue weighted by molar-refractivity contribution is 6.33. The Morgan fingerprint density at radius 3 is 2.65 bits per heavy atom. The molecule has 0 aliphatic heterocycles. The third-order valence-electron chi connectivity index (χ3n) is 2.68. The molecule has 0 fully saturated rings. The number of amides is 1. The Kier molecular flexibility index (Phi) is 4.20. The van der Waals surface area contributed by atoms with Crippen molar-refractivity contribution in [3.05, 3.63) is 53.1 Å². The normalized spacial score (nSPS) is 10.2. The van der Waals surface area contributed by atoms with E-state index in [1.807, 2.05) is 19.0 Å². The van der Waals surface area contributed by atoms with Crippen LogP contribution in [0.5, 0.6) is 0 Å². The number of nitrogens with one attached hydrogen (secondary N) is 1. The van der Waals surface area contributed by atoms with Gasteiger partial charge in [-0.25, -0.2) is 4.98 Å². The van der Waals surface area contributed by atoms with Gasteiger partial charge in [0.25, 0.3) is 5.91 Å². The Bertz CT molecular complexity index is 646. The second-order valence-electron chi connectivity index (χ2n) is 4.38. The quantitative estimate of drug-likeness (QED) is 0.884. The molecule has 104 valence electrons. The van der Waals surface area contributed by atoms with Crippen LogP contribution in [-0.2, 0) is 0 Å². The highest BCUT2D eigenvalue weighted by Crippen LogP contribution is 2.27. The fourth-order valence-corrected chi connectivity index (χ4v) is 2.04. The lowest BCUT2D eigenvalue weighted by Crippen LogP contribution is -2.13. The van der Waals surface area contributed by atoms with Crippen LogP contribution in [0.4, 0.5) is 15.8 Å². The van der Waals surface area contributed by atoms with E-state index in [1.165, 1.54) is 12.3 Å². The van der Waals surface area contributed by atoms with Gasteiger partial charge in [-0.3, -0.25) is 4.79 Å². The molecule has 1 heterocycles. The number of aromatic nitrogens is 1. The standard InChI is InChI=1S/C14H13ClFN3O/c1-19(2)12-4-3-10(8-11(12)15)18-14(20)9-5-6-17-13(16)7-9/h3-8H,1-2H3,(H,18,20). The number of anilines is 2. The van der Waals surface area contributed by atoms with Gasteiger partial charge in [-0.15, -0.1) is 0 Å². The predicted octanol–water partition coefficient (Wildman–Crippen LogP) is 3.19. The van der Waals surface area contributed by atoms with Crippen molar-refractivity contribution in [2.24, 2.45) is 0 Å². The zero-order valence-electron chi connectivity index (χ0n) is 11.0. The number of halogens is 2. The Balaban J connectivity index is 2.18. The van der Waals surface area contributed by atoms with E-state index in [-0.39, 0.29) is 5.56 Å². The molecule has 0 aliphatic carbocycles. The Labute approximate surface area is 121 Å². The van der Waals surface area contributed by atoms with E-state index in [4.69, 9.17) is 11.6 Å². The Morgan fingerprint density at radius 2 is 2.05 bits per heavy atom. The van der Waals surface area contributed by atoms with Crippen molar-refractivity contribution < 1.29 is 9.18 Å². The average Bonchev–Trinajstić information content (AvgIpc) is 2.38. The lowest BCUT2D eigenvalue weighted by Gasteiger charge is -2.15. The van der Waals surface area contributed by atoms with E-state index in [9.17, 15) is 9.18 Å². The molecule has 0 saturated heterocycles. The Hall–Kier alpha value is -2.14. The first-order valence-electron chi connectivity index (χ1n) is 5.87. The van der Waals surface area contributed by atoms with Crippen molar-refractivity contribution in [3.63, 3.8) is 0 Å². The van der Waals surface area contributed by atoms with Gasteiger partial charge in [-0.05, 0) is 24.3 Å². The summed E-state index contributed by atoms with van der Waals surface area (Å²) in [4.78, 5) is 17.2. The fraction of sp³-hybridized carbons (Fsp3) is 0.143. The molecule has 6 heteroatoms. The SMILES string of the molecule is CN(C)c1ccc(NC(=O)c2ccnc(F)c2)cc1Cl. The molecular formula is C14H13ClFN3O. The highest BCUT2D eigenvalue weighted by atomic mass is 35.5. The molecule has 4 nitrogen and oxygen atoms in total. The van der Waals surface area contributed by atoms with Gasteiger partial charge in [-0.2, -0.15) is 4.39 Å². The molecule has 1 aromatic carbocycles. The number of carbonyl (C=O) groups is 1. The average molecular weight is 294 g/mol. The second-order valence-corrected chi connectivity index (χ2v) is 4.79. The molecule has 0 unspecified atom stereocenters. The first-order chi connectivity index (χ1) is 9.47. The van der Waals surface area contributed by atoms with Crippen LogP contribution in [-0.4, -0.2) is 25.0 Å². The van der Waals surface area contributed by atoms with Gasteiger partial charge in [-0.1, -0.05) is 11.6 Å². The molecule has 2 aromatic rings. The van der Waals surface area contributed by atoms with E-state index in [1.54, 1.807) is 18.2 Å². The van der Waals surface area contributed by atoms with Gasteiger partial charge in [0, 0.05) is 37.6 Å². The number of hydrogen-bond acceptors (Lipinski definition) is 3. The third kappa shape index (κ3) is 3.24. The van der Waals surface area contributed by atoms with Crippen molar-refractivity contribution in [1.29, 1.82) is 0 Å². The maximum Gasteiger partial charge on any atom is 0.255 e. The molecule has 0 spiro atoms. The third-order valence-corrected chi connectivity index (χ3v) is 2.98. The smallest absolute Gasteiger partial charge is 0.255 e. The summed E-state index contributed by atoms with van der Waals surface area (Å²) in [6, 6.07) is 7.69. The van der Waals surface area contributed by atoms with Crippen LogP contribution in [0.3, 0.4) is 0 Å². The summed E-state index contributed by atoms with van der Waals surface area (Å²) >= 11 is 6.12. The molecule has 0 radical (unpaired) electrons. The van der Waals surface area contributed by atoms with Gasteiger partial charge in [0.2, 0.25) is 5.95 Å². The van der Waals surface area contributed by atoms with Gasteiger partial charge in [0.05, 0.1) is 10.7 Å². The minimum absolute atomic E-state index is 0.199. The summed E-state index contributed by atoms with van der Waals surface area (Å²) in [6.45, 7) is 0. The summed E-state index contributed by atoms with van der Waals surface area (Å²) in [5.74, 6) is -1.11. The molecule has 1 N–H and O–H groups in total. The summed E-state index contributed by atoms with van der Waals surface area (Å²) < 4.78 is 13.0. The van der Waals surface area contributed by atoms with E-state index in [2.05, 4.69) is 10.3 Å². The van der Waals surface area contributed by atoms with Crippen molar-refractivity contribution in [2.45, 2.75) is 0 Å². The summed E-state index contributed by atoms with van der Waals surface area (Å²) in [5, 5.41) is 3.18. The topological polar surface area (TPSA) is 45.2 Å². The molecule has 0 aliphatic rings. The largest absolute Gasteiger partial charge is 0.376 e. The van der Waals surface area contributed by atoms with Crippen LogP contribution >= 0.6 is 11.6 Å². The highest BCUT2D eigenvalue weighted by Gasteiger charge is 2.09. The van der Waals surface area contributed by atoms with Gasteiger partial charge >= 0.3 is 0 Å². The van der Waals surface area contributed by atoms with Gasteiger partial charge in [0.1, 0.15) is 0 Å². The number of hydrogen-bond donors (Lipinski definition) is 1. The predicted molar refractivity (Wildman–Crippen MR) is 77.9 cm³/mol. The molecule has 0 atom stereocenters. The maximum atomic E-state index is 13.0. The monoisotopic (exact) mass is 293 g/mol. The van der Waals surface area contributed by atoms with E-state index in [0.29, 0.717) is 10.7 Å². The molecule has 20 heavy (non-hydrogen) atoms. The van der Waals surface area contributed by atoms with Crippen LogP contribution in [0.1, 0.15) is 10.4 Å². The molecule has 2 rings (SSSR count).